The monoisotopic (exact) mass is 457 g/mol. The van der Waals surface area contributed by atoms with Crippen molar-refractivity contribution in [2.75, 3.05) is 60.5 Å². The van der Waals surface area contributed by atoms with Gasteiger partial charge in [0, 0.05) is 53.5 Å². The van der Waals surface area contributed by atoms with Crippen LogP contribution >= 0.6 is 24.0 Å². The van der Waals surface area contributed by atoms with Crippen molar-refractivity contribution >= 4 is 35.8 Å². The van der Waals surface area contributed by atoms with Gasteiger partial charge < -0.3 is 25.6 Å². The lowest BCUT2D eigenvalue weighted by Crippen LogP contribution is -2.48. The molecule has 24 heavy (non-hydrogen) atoms. The molecule has 3 N–H and O–H groups in total. The fourth-order valence-electron chi connectivity index (χ4n) is 1.96. The summed E-state index contributed by atoms with van der Waals surface area (Å²) in [5, 5.41) is 9.34. The lowest BCUT2D eigenvalue weighted by molar-refractivity contribution is -0.128. The molecule has 0 spiro atoms. The lowest BCUT2D eigenvalue weighted by Gasteiger charge is -2.25. The Labute approximate surface area is 164 Å². The van der Waals surface area contributed by atoms with Crippen LogP contribution in [0.2, 0.25) is 0 Å². The van der Waals surface area contributed by atoms with Gasteiger partial charge in [0.2, 0.25) is 5.91 Å². The number of halogens is 1. The molecular formula is C16H36IN5O2. The molecule has 0 radical (unpaired) electrons. The number of nitrogens with one attached hydrogen (secondary N) is 3. The lowest BCUT2D eigenvalue weighted by atomic mass is 9.92. The van der Waals surface area contributed by atoms with Gasteiger partial charge in [0.05, 0.1) is 5.41 Å². The molecule has 0 aromatic carbocycles. The second-order valence-corrected chi connectivity index (χ2v) is 6.25. The van der Waals surface area contributed by atoms with Crippen molar-refractivity contribution in [3.05, 3.63) is 0 Å². The highest BCUT2D eigenvalue weighted by atomic mass is 127. The number of nitrogens with zero attached hydrogens (tertiary/aromatic N) is 2. The van der Waals surface area contributed by atoms with Crippen molar-refractivity contribution < 1.29 is 9.53 Å². The van der Waals surface area contributed by atoms with Gasteiger partial charge in [-0.05, 0) is 34.2 Å². The fraction of sp³-hybridized carbons (Fsp3) is 0.875. The van der Waals surface area contributed by atoms with E-state index in [2.05, 4.69) is 32.9 Å². The molecule has 0 aromatic rings. The first kappa shape index (κ1) is 25.6. The average Bonchev–Trinajstić information content (AvgIpc) is 2.51. The van der Waals surface area contributed by atoms with Crippen molar-refractivity contribution in [3.8, 4) is 0 Å². The van der Waals surface area contributed by atoms with E-state index < -0.39 is 5.41 Å². The molecule has 0 heterocycles. The van der Waals surface area contributed by atoms with Crippen LogP contribution in [0.1, 0.15) is 27.2 Å². The quantitative estimate of drug-likeness (QED) is 0.186. The van der Waals surface area contributed by atoms with Crippen LogP contribution in [-0.2, 0) is 9.53 Å². The number of rotatable bonds is 11. The smallest absolute Gasteiger partial charge is 0.227 e. The molecule has 0 saturated heterocycles. The maximum Gasteiger partial charge on any atom is 0.227 e. The third-order valence-electron chi connectivity index (χ3n) is 3.55. The van der Waals surface area contributed by atoms with E-state index in [0.29, 0.717) is 19.0 Å². The highest BCUT2D eigenvalue weighted by molar-refractivity contribution is 14.0. The summed E-state index contributed by atoms with van der Waals surface area (Å²) >= 11 is 0. The molecule has 144 valence electrons. The van der Waals surface area contributed by atoms with E-state index in [4.69, 9.17) is 4.74 Å². The summed E-state index contributed by atoms with van der Waals surface area (Å²) in [7, 11) is 5.54. The third kappa shape index (κ3) is 11.9. The Morgan fingerprint density at radius 3 is 2.42 bits per heavy atom. The first-order valence-electron chi connectivity index (χ1n) is 8.27. The van der Waals surface area contributed by atoms with Crippen LogP contribution in [0.3, 0.4) is 0 Å². The van der Waals surface area contributed by atoms with E-state index in [1.807, 2.05) is 20.8 Å². The van der Waals surface area contributed by atoms with Gasteiger partial charge in [-0.15, -0.1) is 24.0 Å². The van der Waals surface area contributed by atoms with Gasteiger partial charge in [-0.2, -0.15) is 0 Å². The number of likely N-dealkylation sites (N-methyl/N-ethyl adjacent to an activating group) is 1. The van der Waals surface area contributed by atoms with Gasteiger partial charge in [0.15, 0.2) is 5.96 Å². The van der Waals surface area contributed by atoms with Crippen LogP contribution < -0.4 is 16.0 Å². The fourth-order valence-corrected chi connectivity index (χ4v) is 1.96. The summed E-state index contributed by atoms with van der Waals surface area (Å²) in [5.74, 6) is 0.758. The van der Waals surface area contributed by atoms with E-state index in [1.54, 1.807) is 14.2 Å². The SMILES string of the molecule is CCNC(=O)C(C)(C)CNC(=NC)NCCN(C)CCCOC.I. The van der Waals surface area contributed by atoms with Gasteiger partial charge >= 0.3 is 0 Å². The first-order chi connectivity index (χ1) is 10.9. The minimum Gasteiger partial charge on any atom is -0.385 e. The molecular weight excluding hydrogens is 421 g/mol. The molecule has 0 aliphatic heterocycles. The van der Waals surface area contributed by atoms with Crippen LogP contribution in [0.4, 0.5) is 0 Å². The minimum absolute atomic E-state index is 0. The molecule has 0 aliphatic carbocycles. The van der Waals surface area contributed by atoms with E-state index in [0.717, 1.165) is 32.7 Å². The van der Waals surface area contributed by atoms with Crippen LogP contribution in [0.15, 0.2) is 4.99 Å². The van der Waals surface area contributed by atoms with E-state index in [9.17, 15) is 4.79 Å². The number of hydrogen-bond donors (Lipinski definition) is 3. The number of aliphatic imine (C=N–C) groups is 1. The number of hydrogen-bond acceptors (Lipinski definition) is 4. The second kappa shape index (κ2) is 14.7. The number of amides is 1. The molecule has 0 bridgehead atoms. The Balaban J connectivity index is 0. The Hall–Kier alpha value is -0.610. The van der Waals surface area contributed by atoms with Gasteiger partial charge in [-0.1, -0.05) is 0 Å². The third-order valence-corrected chi connectivity index (χ3v) is 3.55. The zero-order valence-corrected chi connectivity index (χ0v) is 18.4. The Morgan fingerprint density at radius 2 is 1.88 bits per heavy atom. The Kier molecular flexibility index (Phi) is 15.7. The predicted molar refractivity (Wildman–Crippen MR) is 111 cm³/mol. The van der Waals surface area contributed by atoms with Crippen molar-refractivity contribution in [1.29, 1.82) is 0 Å². The first-order valence-corrected chi connectivity index (χ1v) is 8.27. The van der Waals surface area contributed by atoms with Gasteiger partial charge in [0.25, 0.3) is 0 Å². The van der Waals surface area contributed by atoms with E-state index >= 15 is 0 Å². The molecule has 0 atom stereocenters. The number of carbonyl (C=O) groups is 1. The maximum atomic E-state index is 12.0. The van der Waals surface area contributed by atoms with Crippen molar-refractivity contribution in [3.63, 3.8) is 0 Å². The molecule has 0 aromatic heterocycles. The summed E-state index contributed by atoms with van der Waals surface area (Å²) in [6.07, 6.45) is 1.03. The number of methoxy groups -OCH3 is 1. The predicted octanol–water partition coefficient (Wildman–Crippen LogP) is 0.900. The van der Waals surface area contributed by atoms with Crippen LogP contribution in [-0.4, -0.2) is 77.3 Å². The normalized spacial score (nSPS) is 11.9. The molecule has 1 amide bonds. The zero-order valence-electron chi connectivity index (χ0n) is 16.1. The minimum atomic E-state index is -0.482. The van der Waals surface area contributed by atoms with Crippen LogP contribution in [0.25, 0.3) is 0 Å². The summed E-state index contributed by atoms with van der Waals surface area (Å²) in [6.45, 7) is 10.4. The second-order valence-electron chi connectivity index (χ2n) is 6.25. The maximum absolute atomic E-state index is 12.0. The summed E-state index contributed by atoms with van der Waals surface area (Å²) in [5.41, 5.74) is -0.482. The average molecular weight is 457 g/mol. The molecule has 0 fully saturated rings. The highest BCUT2D eigenvalue weighted by Crippen LogP contribution is 2.13. The number of carbonyl (C=O) groups excluding carboxylic acids is 1. The van der Waals surface area contributed by atoms with Crippen molar-refractivity contribution in [2.45, 2.75) is 27.2 Å². The Morgan fingerprint density at radius 1 is 1.21 bits per heavy atom. The highest BCUT2D eigenvalue weighted by Gasteiger charge is 2.27. The van der Waals surface area contributed by atoms with E-state index in [-0.39, 0.29) is 29.9 Å². The summed E-state index contributed by atoms with van der Waals surface area (Å²) in [6, 6.07) is 0. The van der Waals surface area contributed by atoms with Gasteiger partial charge in [-0.25, -0.2) is 0 Å². The largest absolute Gasteiger partial charge is 0.385 e. The molecule has 0 unspecified atom stereocenters. The molecule has 7 nitrogen and oxygen atoms in total. The number of ether oxygens (including phenoxy) is 1. The summed E-state index contributed by atoms with van der Waals surface area (Å²) < 4.78 is 5.05. The molecule has 8 heteroatoms. The van der Waals surface area contributed by atoms with Crippen molar-refractivity contribution in [2.24, 2.45) is 10.4 Å². The van der Waals surface area contributed by atoms with Crippen LogP contribution in [0, 0.1) is 5.41 Å². The summed E-state index contributed by atoms with van der Waals surface area (Å²) in [4.78, 5) is 18.4. The Bertz CT molecular complexity index is 364. The topological polar surface area (TPSA) is 78.0 Å². The van der Waals surface area contributed by atoms with Crippen LogP contribution in [0.5, 0.6) is 0 Å². The van der Waals surface area contributed by atoms with Crippen molar-refractivity contribution in [1.82, 2.24) is 20.9 Å². The van der Waals surface area contributed by atoms with Gasteiger partial charge in [0.1, 0.15) is 0 Å². The standard InChI is InChI=1S/C16H35N5O2.HI/c1-7-18-14(22)16(2,3)13-20-15(17-4)19-9-11-21(5)10-8-12-23-6;/h7-13H2,1-6H3,(H,18,22)(H2,17,19,20);1H. The van der Waals surface area contributed by atoms with E-state index in [1.165, 1.54) is 0 Å². The number of guanidine groups is 1. The van der Waals surface area contributed by atoms with Gasteiger partial charge in [-0.3, -0.25) is 9.79 Å². The molecule has 0 rings (SSSR count). The molecule has 0 saturated carbocycles. The molecule has 0 aliphatic rings. The zero-order chi connectivity index (χ0) is 17.7.